The number of nitrogens with one attached hydrogen (secondary N) is 1. The van der Waals surface area contributed by atoms with Crippen molar-refractivity contribution >= 4 is 23.1 Å². The molecule has 1 aliphatic rings. The first kappa shape index (κ1) is 12.0. The van der Waals surface area contributed by atoms with E-state index in [1.165, 1.54) is 0 Å². The van der Waals surface area contributed by atoms with Gasteiger partial charge in [0.1, 0.15) is 10.7 Å². The molecule has 0 radical (unpaired) electrons. The van der Waals surface area contributed by atoms with Crippen LogP contribution in [0.1, 0.15) is 36.7 Å². The quantitative estimate of drug-likeness (QED) is 0.819. The van der Waals surface area contributed by atoms with Gasteiger partial charge in [-0.05, 0) is 23.6 Å². The van der Waals surface area contributed by atoms with Crippen molar-refractivity contribution in [3.8, 4) is 5.75 Å². The number of rotatable bonds is 2. The molecule has 1 N–H and O–H groups in total. The smallest absolute Gasteiger partial charge is 0.257 e. The predicted octanol–water partition coefficient (Wildman–Crippen LogP) is 2.53. The van der Waals surface area contributed by atoms with Crippen LogP contribution in [0.3, 0.4) is 0 Å². The summed E-state index contributed by atoms with van der Waals surface area (Å²) in [6, 6.07) is 5.42. The molecule has 0 saturated carbocycles. The first-order valence-electron chi connectivity index (χ1n) is 5.49. The molecule has 0 spiro atoms. The molecule has 0 unspecified atom stereocenters. The van der Waals surface area contributed by atoms with Gasteiger partial charge in [0.25, 0.3) is 5.91 Å². The topological polar surface area (TPSA) is 38.3 Å². The number of fused-ring (bicyclic) bond motifs is 1. The molecule has 0 fully saturated rings. The Morgan fingerprint density at radius 2 is 2.00 bits per heavy atom. The van der Waals surface area contributed by atoms with Crippen molar-refractivity contribution in [2.75, 3.05) is 6.61 Å². The molecule has 1 heterocycles. The average molecular weight is 249 g/mol. The largest absolute Gasteiger partial charge is 0.493 e. The van der Waals surface area contributed by atoms with Crippen LogP contribution < -0.4 is 10.1 Å². The summed E-state index contributed by atoms with van der Waals surface area (Å²) in [5.74, 6) is 0.560. The molecule has 3 nitrogen and oxygen atoms in total. The van der Waals surface area contributed by atoms with E-state index in [0.717, 1.165) is 5.56 Å². The van der Waals surface area contributed by atoms with E-state index in [1.54, 1.807) is 6.07 Å². The fraction of sp³-hybridized carbons (Fsp3) is 0.385. The highest BCUT2D eigenvalue weighted by molar-refractivity contribution is 7.80. The molecular weight excluding hydrogens is 234 g/mol. The van der Waals surface area contributed by atoms with Crippen LogP contribution in [0.4, 0.5) is 0 Å². The molecule has 17 heavy (non-hydrogen) atoms. The van der Waals surface area contributed by atoms with E-state index in [2.05, 4.69) is 26.1 Å². The van der Waals surface area contributed by atoms with Gasteiger partial charge in [0, 0.05) is 5.56 Å². The summed E-state index contributed by atoms with van der Waals surface area (Å²) in [6.07, 6.45) is 0. The zero-order valence-electron chi connectivity index (χ0n) is 10.2. The van der Waals surface area contributed by atoms with Crippen molar-refractivity contribution in [1.82, 2.24) is 5.32 Å². The van der Waals surface area contributed by atoms with Gasteiger partial charge in [0.05, 0.1) is 12.2 Å². The van der Waals surface area contributed by atoms with Crippen LogP contribution in [-0.4, -0.2) is 17.5 Å². The molecule has 1 aliphatic heterocycles. The zero-order chi connectivity index (χ0) is 12.6. The Labute approximate surface area is 106 Å². The number of ether oxygens (including phenoxy) is 1. The second kappa shape index (κ2) is 4.11. The highest BCUT2D eigenvalue weighted by atomic mass is 32.1. The molecule has 2 rings (SSSR count). The maximum atomic E-state index is 11.6. The molecule has 0 atom stereocenters. The second-order valence-electron chi connectivity index (χ2n) is 5.34. The number of carbonyl (C=O) groups excluding carboxylic acids is 1. The predicted molar refractivity (Wildman–Crippen MR) is 70.6 cm³/mol. The second-order valence-corrected chi connectivity index (χ2v) is 5.75. The number of benzene rings is 1. The molecule has 1 amide bonds. The van der Waals surface area contributed by atoms with Crippen LogP contribution in [0.5, 0.6) is 5.75 Å². The maximum Gasteiger partial charge on any atom is 0.257 e. The standard InChI is InChI=1S/C13H15NO2S/c1-13(2,3)7-16-8-4-5-9-10(6-8)11(15)14-12(9)17/h4-6H,7H2,1-3H3,(H,14,15,17). The van der Waals surface area contributed by atoms with E-state index in [9.17, 15) is 4.79 Å². The Morgan fingerprint density at radius 3 is 2.65 bits per heavy atom. The van der Waals surface area contributed by atoms with E-state index in [1.807, 2.05) is 12.1 Å². The van der Waals surface area contributed by atoms with Gasteiger partial charge in [0.15, 0.2) is 0 Å². The number of carbonyl (C=O) groups is 1. The lowest BCUT2D eigenvalue weighted by molar-refractivity contribution is 0.0983. The van der Waals surface area contributed by atoms with Crippen LogP contribution in [0, 0.1) is 5.41 Å². The summed E-state index contributed by atoms with van der Waals surface area (Å²) in [7, 11) is 0. The minimum Gasteiger partial charge on any atom is -0.493 e. The third-order valence-electron chi connectivity index (χ3n) is 2.38. The van der Waals surface area contributed by atoms with E-state index in [-0.39, 0.29) is 11.3 Å². The van der Waals surface area contributed by atoms with E-state index in [0.29, 0.717) is 22.9 Å². The summed E-state index contributed by atoms with van der Waals surface area (Å²) in [4.78, 5) is 12.1. The summed E-state index contributed by atoms with van der Waals surface area (Å²) in [6.45, 7) is 6.91. The normalized spacial score (nSPS) is 14.5. The SMILES string of the molecule is CC(C)(C)COc1ccc2c(c1)C(=O)NC2=S. The fourth-order valence-corrected chi connectivity index (χ4v) is 1.81. The number of hydrogen-bond acceptors (Lipinski definition) is 3. The molecule has 1 aromatic rings. The van der Waals surface area contributed by atoms with Crippen LogP contribution >= 0.6 is 12.2 Å². The number of hydrogen-bond donors (Lipinski definition) is 1. The molecule has 0 aliphatic carbocycles. The molecule has 0 aromatic heterocycles. The highest BCUT2D eigenvalue weighted by Crippen LogP contribution is 2.24. The van der Waals surface area contributed by atoms with E-state index < -0.39 is 0 Å². The van der Waals surface area contributed by atoms with Gasteiger partial charge in [0.2, 0.25) is 0 Å². The maximum absolute atomic E-state index is 11.6. The van der Waals surface area contributed by atoms with Crippen molar-refractivity contribution in [1.29, 1.82) is 0 Å². The van der Waals surface area contributed by atoms with Crippen molar-refractivity contribution in [3.63, 3.8) is 0 Å². The van der Waals surface area contributed by atoms with Crippen molar-refractivity contribution in [2.45, 2.75) is 20.8 Å². The van der Waals surface area contributed by atoms with Gasteiger partial charge in [-0.3, -0.25) is 4.79 Å². The Kier molecular flexibility index (Phi) is 2.91. The Bertz CT molecular complexity index is 489. The summed E-state index contributed by atoms with van der Waals surface area (Å²) in [5, 5.41) is 2.62. The first-order valence-corrected chi connectivity index (χ1v) is 5.90. The Morgan fingerprint density at radius 1 is 1.29 bits per heavy atom. The summed E-state index contributed by atoms with van der Waals surface area (Å²) in [5.41, 5.74) is 1.48. The lowest BCUT2D eigenvalue weighted by atomic mass is 9.99. The lowest BCUT2D eigenvalue weighted by Gasteiger charge is -2.18. The average Bonchev–Trinajstić information content (AvgIpc) is 2.51. The Balaban J connectivity index is 2.20. The third kappa shape index (κ3) is 2.64. The molecule has 0 saturated heterocycles. The highest BCUT2D eigenvalue weighted by Gasteiger charge is 2.24. The van der Waals surface area contributed by atoms with Crippen molar-refractivity contribution < 1.29 is 9.53 Å². The van der Waals surface area contributed by atoms with E-state index in [4.69, 9.17) is 17.0 Å². The monoisotopic (exact) mass is 249 g/mol. The van der Waals surface area contributed by atoms with Gasteiger partial charge in [-0.15, -0.1) is 0 Å². The molecule has 90 valence electrons. The van der Waals surface area contributed by atoms with Gasteiger partial charge in [-0.2, -0.15) is 0 Å². The minimum absolute atomic E-state index is 0.0938. The fourth-order valence-electron chi connectivity index (χ4n) is 1.54. The van der Waals surface area contributed by atoms with Crippen molar-refractivity contribution in [3.05, 3.63) is 29.3 Å². The third-order valence-corrected chi connectivity index (χ3v) is 2.70. The number of thiocarbonyl (C=S) groups is 1. The van der Waals surface area contributed by atoms with E-state index >= 15 is 0 Å². The summed E-state index contributed by atoms with van der Waals surface area (Å²) < 4.78 is 5.66. The molecule has 1 aromatic carbocycles. The van der Waals surface area contributed by atoms with Gasteiger partial charge < -0.3 is 10.1 Å². The van der Waals surface area contributed by atoms with Crippen LogP contribution in [0.15, 0.2) is 18.2 Å². The van der Waals surface area contributed by atoms with Gasteiger partial charge in [-0.1, -0.05) is 33.0 Å². The minimum atomic E-state index is -0.147. The number of amides is 1. The van der Waals surface area contributed by atoms with Gasteiger partial charge in [-0.25, -0.2) is 0 Å². The van der Waals surface area contributed by atoms with Crippen molar-refractivity contribution in [2.24, 2.45) is 5.41 Å². The van der Waals surface area contributed by atoms with Crippen LogP contribution in [0.2, 0.25) is 0 Å². The first-order chi connectivity index (χ1) is 7.87. The summed E-state index contributed by atoms with van der Waals surface area (Å²) >= 11 is 5.05. The molecule has 0 bridgehead atoms. The Hall–Kier alpha value is -1.42. The van der Waals surface area contributed by atoms with Crippen LogP contribution in [0.25, 0.3) is 0 Å². The van der Waals surface area contributed by atoms with Gasteiger partial charge >= 0.3 is 0 Å². The lowest BCUT2D eigenvalue weighted by Crippen LogP contribution is -2.19. The molecule has 4 heteroatoms. The molecular formula is C13H15NO2S. The van der Waals surface area contributed by atoms with Crippen LogP contribution in [-0.2, 0) is 0 Å². The zero-order valence-corrected chi connectivity index (χ0v) is 11.0.